The van der Waals surface area contributed by atoms with Crippen LogP contribution in [0.3, 0.4) is 0 Å². The minimum absolute atomic E-state index is 0.151. The number of para-hydroxylation sites is 1. The van der Waals surface area contributed by atoms with Crippen LogP contribution in [-0.4, -0.2) is 26.1 Å². The quantitative estimate of drug-likeness (QED) is 0.519. The molecule has 1 aliphatic rings. The second-order valence-electron chi connectivity index (χ2n) is 5.43. The van der Waals surface area contributed by atoms with Crippen LogP contribution in [0.1, 0.15) is 11.1 Å². The van der Waals surface area contributed by atoms with E-state index >= 15 is 0 Å². The van der Waals surface area contributed by atoms with Gasteiger partial charge in [-0.15, -0.1) is 0 Å². The Bertz CT molecular complexity index is 980. The van der Waals surface area contributed by atoms with Gasteiger partial charge in [-0.2, -0.15) is 0 Å². The molecule has 2 aromatic rings. The Balaban J connectivity index is 1.90. The van der Waals surface area contributed by atoms with Crippen molar-refractivity contribution in [3.63, 3.8) is 0 Å². The number of halogens is 2. The van der Waals surface area contributed by atoms with Crippen LogP contribution < -0.4 is 9.47 Å². The second-order valence-corrected chi connectivity index (χ2v) is 6.21. The molecule has 0 amide bonds. The number of esters is 1. The average molecular weight is 404 g/mol. The summed E-state index contributed by atoms with van der Waals surface area (Å²) in [4.78, 5) is 16.3. The molecular formula is C20H15Cl2NO4. The number of benzene rings is 2. The van der Waals surface area contributed by atoms with Gasteiger partial charge in [0.15, 0.2) is 17.2 Å². The number of carbonyl (C=O) groups excluding carboxylic acids is 1. The highest BCUT2D eigenvalue weighted by atomic mass is 35.5. The number of rotatable bonds is 5. The van der Waals surface area contributed by atoms with Crippen LogP contribution in [0.2, 0.25) is 10.0 Å². The SMILES string of the molecule is COc1cccc(/C=C2N=C(/C=C/c3cccc(Cl)c3Cl)OC/2=O)c1OC. The number of methoxy groups -OCH3 is 2. The summed E-state index contributed by atoms with van der Waals surface area (Å²) in [6.45, 7) is 0. The maximum absolute atomic E-state index is 12.1. The molecule has 0 aromatic heterocycles. The van der Waals surface area contributed by atoms with Gasteiger partial charge in [-0.1, -0.05) is 47.5 Å². The molecule has 2 aromatic carbocycles. The van der Waals surface area contributed by atoms with E-state index in [9.17, 15) is 4.79 Å². The second kappa shape index (κ2) is 8.29. The molecule has 0 bridgehead atoms. The Kier molecular flexibility index (Phi) is 5.84. The van der Waals surface area contributed by atoms with Crippen molar-refractivity contribution in [1.82, 2.24) is 0 Å². The highest BCUT2D eigenvalue weighted by Gasteiger charge is 2.22. The number of hydrogen-bond donors (Lipinski definition) is 0. The van der Waals surface area contributed by atoms with E-state index in [-0.39, 0.29) is 11.6 Å². The number of cyclic esters (lactones) is 1. The zero-order chi connectivity index (χ0) is 19.4. The first-order valence-corrected chi connectivity index (χ1v) is 8.64. The van der Waals surface area contributed by atoms with Gasteiger partial charge in [0.05, 0.1) is 24.3 Å². The molecule has 0 atom stereocenters. The summed E-state index contributed by atoms with van der Waals surface area (Å²) >= 11 is 12.1. The Labute approximate surface area is 166 Å². The molecule has 0 unspecified atom stereocenters. The Morgan fingerprint density at radius 1 is 1.00 bits per heavy atom. The van der Waals surface area contributed by atoms with E-state index in [0.29, 0.717) is 32.7 Å². The molecule has 0 aliphatic carbocycles. The van der Waals surface area contributed by atoms with E-state index in [1.54, 1.807) is 61.7 Å². The van der Waals surface area contributed by atoms with Gasteiger partial charge in [-0.3, -0.25) is 0 Å². The van der Waals surface area contributed by atoms with Gasteiger partial charge in [0.25, 0.3) is 0 Å². The molecule has 27 heavy (non-hydrogen) atoms. The topological polar surface area (TPSA) is 57.1 Å². The van der Waals surface area contributed by atoms with Crippen LogP contribution >= 0.6 is 23.2 Å². The van der Waals surface area contributed by atoms with E-state index in [0.717, 1.165) is 0 Å². The molecule has 0 spiro atoms. The van der Waals surface area contributed by atoms with Gasteiger partial charge in [-0.05, 0) is 29.8 Å². The molecule has 0 N–H and O–H groups in total. The van der Waals surface area contributed by atoms with Crippen LogP contribution in [0.5, 0.6) is 11.5 Å². The molecule has 0 saturated heterocycles. The predicted octanol–water partition coefficient (Wildman–Crippen LogP) is 5.02. The maximum atomic E-state index is 12.1. The molecule has 1 heterocycles. The first kappa shape index (κ1) is 19.0. The first-order chi connectivity index (χ1) is 13.0. The highest BCUT2D eigenvalue weighted by molar-refractivity contribution is 6.42. The standard InChI is InChI=1S/C20H15Cl2NO4/c1-25-16-8-4-6-13(19(16)26-2)11-15-20(24)27-17(23-15)10-9-12-5-3-7-14(21)18(12)22/h3-11H,1-2H3/b10-9+,15-11+. The number of carbonyl (C=O) groups is 1. The molecule has 138 valence electrons. The van der Waals surface area contributed by atoms with E-state index in [1.165, 1.54) is 7.11 Å². The van der Waals surface area contributed by atoms with Crippen molar-refractivity contribution in [2.24, 2.45) is 4.99 Å². The van der Waals surface area contributed by atoms with Crippen molar-refractivity contribution in [2.45, 2.75) is 0 Å². The molecule has 1 aliphatic heterocycles. The third kappa shape index (κ3) is 4.15. The smallest absolute Gasteiger partial charge is 0.363 e. The summed E-state index contributed by atoms with van der Waals surface area (Å²) in [5, 5.41) is 0.854. The normalized spacial score (nSPS) is 15.2. The van der Waals surface area contributed by atoms with Gasteiger partial charge < -0.3 is 14.2 Å². The van der Waals surface area contributed by atoms with Crippen molar-refractivity contribution >= 4 is 47.2 Å². The monoisotopic (exact) mass is 403 g/mol. The van der Waals surface area contributed by atoms with Crippen LogP contribution in [0.15, 0.2) is 53.2 Å². The zero-order valence-electron chi connectivity index (χ0n) is 14.5. The number of ether oxygens (including phenoxy) is 3. The van der Waals surface area contributed by atoms with Crippen LogP contribution in [0.4, 0.5) is 0 Å². The molecule has 7 heteroatoms. The fourth-order valence-electron chi connectivity index (χ4n) is 2.48. The van der Waals surface area contributed by atoms with E-state index in [1.807, 2.05) is 0 Å². The van der Waals surface area contributed by atoms with Gasteiger partial charge in [0.2, 0.25) is 5.90 Å². The van der Waals surface area contributed by atoms with Crippen molar-refractivity contribution in [3.8, 4) is 11.5 Å². The zero-order valence-corrected chi connectivity index (χ0v) is 16.0. The fourth-order valence-corrected chi connectivity index (χ4v) is 2.85. The van der Waals surface area contributed by atoms with E-state index in [2.05, 4.69) is 4.99 Å². The molecule has 0 saturated carbocycles. The lowest BCUT2D eigenvalue weighted by Gasteiger charge is -2.09. The molecule has 0 fully saturated rings. The lowest BCUT2D eigenvalue weighted by atomic mass is 10.1. The molecule has 3 rings (SSSR count). The molecule has 5 nitrogen and oxygen atoms in total. The third-order valence-corrected chi connectivity index (χ3v) is 4.58. The Morgan fingerprint density at radius 2 is 1.74 bits per heavy atom. The van der Waals surface area contributed by atoms with Gasteiger partial charge >= 0.3 is 5.97 Å². The van der Waals surface area contributed by atoms with Gasteiger partial charge in [-0.25, -0.2) is 9.79 Å². The summed E-state index contributed by atoms with van der Waals surface area (Å²) in [5.74, 6) is 0.656. The number of aliphatic imine (C=N–C) groups is 1. The summed E-state index contributed by atoms with van der Waals surface area (Å²) in [6.07, 6.45) is 4.81. The summed E-state index contributed by atoms with van der Waals surface area (Å²) in [6, 6.07) is 10.6. The fraction of sp³-hybridized carbons (Fsp3) is 0.100. The van der Waals surface area contributed by atoms with Gasteiger partial charge in [0.1, 0.15) is 0 Å². The van der Waals surface area contributed by atoms with E-state index in [4.69, 9.17) is 37.4 Å². The molecule has 0 radical (unpaired) electrons. The van der Waals surface area contributed by atoms with Crippen molar-refractivity contribution in [3.05, 3.63) is 69.3 Å². The molecular weight excluding hydrogens is 389 g/mol. The van der Waals surface area contributed by atoms with Crippen molar-refractivity contribution in [1.29, 1.82) is 0 Å². The lowest BCUT2D eigenvalue weighted by Crippen LogP contribution is -2.01. The van der Waals surface area contributed by atoms with Crippen LogP contribution in [-0.2, 0) is 9.53 Å². The van der Waals surface area contributed by atoms with Gasteiger partial charge in [0, 0.05) is 11.6 Å². The Hall–Kier alpha value is -2.76. The first-order valence-electron chi connectivity index (χ1n) is 7.89. The largest absolute Gasteiger partial charge is 0.493 e. The van der Waals surface area contributed by atoms with Crippen molar-refractivity contribution in [2.75, 3.05) is 14.2 Å². The number of nitrogens with zero attached hydrogens (tertiary/aromatic N) is 1. The maximum Gasteiger partial charge on any atom is 0.363 e. The Morgan fingerprint density at radius 3 is 2.48 bits per heavy atom. The minimum Gasteiger partial charge on any atom is -0.493 e. The average Bonchev–Trinajstić information content (AvgIpc) is 3.02. The highest BCUT2D eigenvalue weighted by Crippen LogP contribution is 2.33. The third-order valence-electron chi connectivity index (χ3n) is 3.75. The number of hydrogen-bond acceptors (Lipinski definition) is 5. The van der Waals surface area contributed by atoms with E-state index < -0.39 is 5.97 Å². The summed E-state index contributed by atoms with van der Waals surface area (Å²) < 4.78 is 15.8. The van der Waals surface area contributed by atoms with Crippen LogP contribution in [0.25, 0.3) is 12.2 Å². The minimum atomic E-state index is -0.559. The van der Waals surface area contributed by atoms with Crippen LogP contribution in [0, 0.1) is 0 Å². The summed E-state index contributed by atoms with van der Waals surface area (Å²) in [7, 11) is 3.07. The van der Waals surface area contributed by atoms with Crippen molar-refractivity contribution < 1.29 is 19.0 Å². The lowest BCUT2D eigenvalue weighted by molar-refractivity contribution is -0.129. The summed E-state index contributed by atoms with van der Waals surface area (Å²) in [5.41, 5.74) is 1.49. The predicted molar refractivity (Wildman–Crippen MR) is 107 cm³/mol.